The predicted molar refractivity (Wildman–Crippen MR) is 79.1 cm³/mol. The highest BCUT2D eigenvalue weighted by Gasteiger charge is 2.18. The Morgan fingerprint density at radius 3 is 2.95 bits per heavy atom. The van der Waals surface area contributed by atoms with Gasteiger partial charge in [-0.15, -0.1) is 0 Å². The summed E-state index contributed by atoms with van der Waals surface area (Å²) < 4.78 is 2.24. The Hall–Kier alpha value is -0.870. The summed E-state index contributed by atoms with van der Waals surface area (Å²) in [7, 11) is 2.26. The number of rotatable bonds is 8. The van der Waals surface area contributed by atoms with Gasteiger partial charge in [0.25, 0.3) is 0 Å². The summed E-state index contributed by atoms with van der Waals surface area (Å²) in [5.74, 6) is 1.16. The van der Waals surface area contributed by atoms with Crippen LogP contribution in [0.15, 0.2) is 12.4 Å². The Bertz CT molecular complexity index is 355. The van der Waals surface area contributed by atoms with Gasteiger partial charge in [0, 0.05) is 38.1 Å². The third-order valence-electron chi connectivity index (χ3n) is 4.14. The van der Waals surface area contributed by atoms with Crippen molar-refractivity contribution in [1.82, 2.24) is 19.8 Å². The predicted octanol–water partition coefficient (Wildman–Crippen LogP) is 2.26. The number of hydrogen-bond donors (Lipinski definition) is 1. The zero-order chi connectivity index (χ0) is 13.5. The van der Waals surface area contributed by atoms with E-state index in [0.29, 0.717) is 0 Å². The molecule has 1 heterocycles. The van der Waals surface area contributed by atoms with Gasteiger partial charge in [-0.2, -0.15) is 0 Å². The van der Waals surface area contributed by atoms with Gasteiger partial charge in [-0.05, 0) is 26.3 Å². The van der Waals surface area contributed by atoms with Crippen molar-refractivity contribution in [3.05, 3.63) is 18.2 Å². The van der Waals surface area contributed by atoms with Gasteiger partial charge >= 0.3 is 0 Å². The molecule has 1 aliphatic carbocycles. The molecular weight excluding hydrogens is 236 g/mol. The van der Waals surface area contributed by atoms with Crippen molar-refractivity contribution in [1.29, 1.82) is 0 Å². The van der Waals surface area contributed by atoms with E-state index in [0.717, 1.165) is 44.5 Å². The fourth-order valence-electron chi connectivity index (χ4n) is 2.93. The van der Waals surface area contributed by atoms with Crippen LogP contribution in [0.25, 0.3) is 0 Å². The zero-order valence-corrected chi connectivity index (χ0v) is 12.4. The lowest BCUT2D eigenvalue weighted by Crippen LogP contribution is -2.35. The van der Waals surface area contributed by atoms with Gasteiger partial charge in [-0.1, -0.05) is 19.8 Å². The van der Waals surface area contributed by atoms with Crippen LogP contribution in [0, 0.1) is 0 Å². The molecule has 4 heteroatoms. The molecule has 0 bridgehead atoms. The summed E-state index contributed by atoms with van der Waals surface area (Å²) >= 11 is 0. The van der Waals surface area contributed by atoms with Gasteiger partial charge in [0.15, 0.2) is 0 Å². The number of imidazole rings is 1. The highest BCUT2D eigenvalue weighted by Crippen LogP contribution is 2.21. The molecule has 1 N–H and O–H groups in total. The molecule has 0 atom stereocenters. The van der Waals surface area contributed by atoms with Crippen molar-refractivity contribution in [2.24, 2.45) is 0 Å². The molecule has 108 valence electrons. The van der Waals surface area contributed by atoms with E-state index in [2.05, 4.69) is 39.9 Å². The summed E-state index contributed by atoms with van der Waals surface area (Å²) in [6.07, 6.45) is 10.7. The molecule has 1 saturated carbocycles. The molecule has 0 aromatic carbocycles. The normalized spacial score (nSPS) is 16.6. The van der Waals surface area contributed by atoms with E-state index in [4.69, 9.17) is 0 Å². The molecule has 19 heavy (non-hydrogen) atoms. The Morgan fingerprint density at radius 2 is 2.21 bits per heavy atom. The smallest absolute Gasteiger partial charge is 0.122 e. The SMILES string of the molecule is CCCn1ccnc1CNCCN(C)C1CCCC1. The van der Waals surface area contributed by atoms with Crippen molar-refractivity contribution < 1.29 is 0 Å². The van der Waals surface area contributed by atoms with Crippen LogP contribution in [0.5, 0.6) is 0 Å². The van der Waals surface area contributed by atoms with Gasteiger partial charge in [-0.3, -0.25) is 0 Å². The first kappa shape index (κ1) is 14.5. The van der Waals surface area contributed by atoms with Crippen LogP contribution >= 0.6 is 0 Å². The Kier molecular flexibility index (Phi) is 5.86. The fourth-order valence-corrected chi connectivity index (χ4v) is 2.93. The molecule has 0 radical (unpaired) electrons. The number of aromatic nitrogens is 2. The molecule has 4 nitrogen and oxygen atoms in total. The number of nitrogens with one attached hydrogen (secondary N) is 1. The van der Waals surface area contributed by atoms with Crippen LogP contribution in [-0.2, 0) is 13.1 Å². The summed E-state index contributed by atoms with van der Waals surface area (Å²) in [6.45, 7) is 6.34. The molecule has 0 amide bonds. The van der Waals surface area contributed by atoms with Gasteiger partial charge in [0.1, 0.15) is 5.82 Å². The van der Waals surface area contributed by atoms with Crippen molar-refractivity contribution in [2.45, 2.75) is 58.2 Å². The second kappa shape index (κ2) is 7.65. The number of hydrogen-bond acceptors (Lipinski definition) is 3. The largest absolute Gasteiger partial charge is 0.334 e. The van der Waals surface area contributed by atoms with E-state index < -0.39 is 0 Å². The van der Waals surface area contributed by atoms with Crippen LogP contribution in [0.2, 0.25) is 0 Å². The fraction of sp³-hybridized carbons (Fsp3) is 0.800. The molecule has 1 aromatic heterocycles. The molecule has 0 spiro atoms. The number of likely N-dealkylation sites (N-methyl/N-ethyl adjacent to an activating group) is 1. The number of aryl methyl sites for hydroxylation is 1. The maximum Gasteiger partial charge on any atom is 0.122 e. The van der Waals surface area contributed by atoms with Crippen LogP contribution in [-0.4, -0.2) is 40.6 Å². The molecule has 0 unspecified atom stereocenters. The van der Waals surface area contributed by atoms with Crippen molar-refractivity contribution in [3.8, 4) is 0 Å². The van der Waals surface area contributed by atoms with Crippen molar-refractivity contribution in [3.63, 3.8) is 0 Å². The van der Waals surface area contributed by atoms with E-state index in [-0.39, 0.29) is 0 Å². The minimum absolute atomic E-state index is 0.823. The molecule has 1 fully saturated rings. The lowest BCUT2D eigenvalue weighted by atomic mass is 10.2. The summed E-state index contributed by atoms with van der Waals surface area (Å²) in [6, 6.07) is 0.823. The van der Waals surface area contributed by atoms with E-state index in [1.807, 2.05) is 6.20 Å². The first-order valence-electron chi connectivity index (χ1n) is 7.72. The second-order valence-electron chi connectivity index (χ2n) is 5.63. The summed E-state index contributed by atoms with van der Waals surface area (Å²) in [5.41, 5.74) is 0. The first-order chi connectivity index (χ1) is 9.31. The maximum atomic E-state index is 4.42. The highest BCUT2D eigenvalue weighted by molar-refractivity contribution is 4.91. The van der Waals surface area contributed by atoms with E-state index >= 15 is 0 Å². The van der Waals surface area contributed by atoms with Crippen molar-refractivity contribution in [2.75, 3.05) is 20.1 Å². The maximum absolute atomic E-state index is 4.42. The Balaban J connectivity index is 1.64. The Morgan fingerprint density at radius 1 is 1.42 bits per heavy atom. The molecular formula is C15H28N4. The average Bonchev–Trinajstić information content (AvgIpc) is 3.06. The average molecular weight is 264 g/mol. The monoisotopic (exact) mass is 264 g/mol. The molecule has 0 aliphatic heterocycles. The zero-order valence-electron chi connectivity index (χ0n) is 12.4. The Labute approximate surface area is 117 Å². The van der Waals surface area contributed by atoms with E-state index in [1.54, 1.807) is 0 Å². The van der Waals surface area contributed by atoms with Gasteiger partial charge in [0.2, 0.25) is 0 Å². The van der Waals surface area contributed by atoms with Crippen molar-refractivity contribution >= 4 is 0 Å². The summed E-state index contributed by atoms with van der Waals surface area (Å²) in [5, 5.41) is 3.52. The molecule has 0 saturated heterocycles. The third kappa shape index (κ3) is 4.32. The molecule has 1 aromatic rings. The van der Waals surface area contributed by atoms with E-state index in [1.165, 1.54) is 25.7 Å². The van der Waals surface area contributed by atoms with Crippen LogP contribution < -0.4 is 5.32 Å². The van der Waals surface area contributed by atoms with Gasteiger partial charge in [0.05, 0.1) is 6.54 Å². The summed E-state index contributed by atoms with van der Waals surface area (Å²) in [4.78, 5) is 6.93. The minimum atomic E-state index is 0.823. The third-order valence-corrected chi connectivity index (χ3v) is 4.14. The van der Waals surface area contributed by atoms with Crippen LogP contribution in [0.1, 0.15) is 44.9 Å². The molecule has 1 aliphatic rings. The van der Waals surface area contributed by atoms with E-state index in [9.17, 15) is 0 Å². The topological polar surface area (TPSA) is 33.1 Å². The van der Waals surface area contributed by atoms with Crippen LogP contribution in [0.4, 0.5) is 0 Å². The van der Waals surface area contributed by atoms with Crippen LogP contribution in [0.3, 0.4) is 0 Å². The van der Waals surface area contributed by atoms with Gasteiger partial charge < -0.3 is 14.8 Å². The lowest BCUT2D eigenvalue weighted by Gasteiger charge is -2.23. The first-order valence-corrected chi connectivity index (χ1v) is 7.72. The highest BCUT2D eigenvalue weighted by atomic mass is 15.2. The van der Waals surface area contributed by atoms with Gasteiger partial charge in [-0.25, -0.2) is 4.98 Å². The molecule has 2 rings (SSSR count). The second-order valence-corrected chi connectivity index (χ2v) is 5.63. The minimum Gasteiger partial charge on any atom is -0.334 e. The quantitative estimate of drug-likeness (QED) is 0.731. The number of nitrogens with zero attached hydrogens (tertiary/aromatic N) is 3. The lowest BCUT2D eigenvalue weighted by molar-refractivity contribution is 0.245. The standard InChI is InChI=1S/C15H28N4/c1-3-10-19-12-9-17-15(19)13-16-8-11-18(2)14-6-4-5-7-14/h9,12,14,16H,3-8,10-11,13H2,1-2H3.